The lowest BCUT2D eigenvalue weighted by Gasteiger charge is -2.29. The molecule has 16 heavy (non-hydrogen) atoms. The summed E-state index contributed by atoms with van der Waals surface area (Å²) in [4.78, 5) is 2.36. The van der Waals surface area contributed by atoms with Crippen LogP contribution in [0.2, 0.25) is 0 Å². The second-order valence-corrected chi connectivity index (χ2v) is 4.96. The van der Waals surface area contributed by atoms with Crippen molar-refractivity contribution in [3.63, 3.8) is 0 Å². The molecule has 1 aliphatic heterocycles. The van der Waals surface area contributed by atoms with Gasteiger partial charge in [0.05, 0.1) is 0 Å². The number of piperidine rings is 1. The fourth-order valence-corrected chi connectivity index (χ4v) is 2.55. The van der Waals surface area contributed by atoms with Crippen LogP contribution in [0.3, 0.4) is 0 Å². The molecule has 2 rings (SSSR count). The van der Waals surface area contributed by atoms with Gasteiger partial charge >= 0.3 is 0 Å². The zero-order valence-corrected chi connectivity index (χ0v) is 10.2. The van der Waals surface area contributed by atoms with E-state index in [1.54, 1.807) is 0 Å². The van der Waals surface area contributed by atoms with Crippen molar-refractivity contribution < 1.29 is 4.39 Å². The molecule has 88 valence electrons. The third kappa shape index (κ3) is 2.62. The lowest BCUT2D eigenvalue weighted by atomic mass is 9.88. The molecule has 0 amide bonds. The fourth-order valence-electron chi connectivity index (χ4n) is 2.55. The van der Waals surface area contributed by atoms with Gasteiger partial charge in [0.1, 0.15) is 6.67 Å². The third-order valence-electron chi connectivity index (χ3n) is 3.50. The van der Waals surface area contributed by atoms with E-state index in [2.05, 4.69) is 24.9 Å². The largest absolute Gasteiger partial charge is 0.306 e. The summed E-state index contributed by atoms with van der Waals surface area (Å²) in [5, 5.41) is 0. The molecule has 1 aliphatic rings. The molecule has 2 heteroatoms. The van der Waals surface area contributed by atoms with Crippen LogP contribution in [0.4, 0.5) is 4.39 Å². The molecule has 0 aromatic heterocycles. The van der Waals surface area contributed by atoms with Gasteiger partial charge in [-0.25, -0.2) is 4.39 Å². The Labute approximate surface area is 97.3 Å². The smallest absolute Gasteiger partial charge is 0.115 e. The summed E-state index contributed by atoms with van der Waals surface area (Å²) in [5.41, 5.74) is 3.35. The van der Waals surface area contributed by atoms with Crippen molar-refractivity contribution in [1.29, 1.82) is 0 Å². The zero-order chi connectivity index (χ0) is 11.5. The standard InChI is InChI=1S/C14H20FN/c1-11-7-12(10-15)9-14(8-11)13-3-5-16(2)6-4-13/h7-9,13H,3-6,10H2,1-2H3. The first-order valence-electron chi connectivity index (χ1n) is 6.04. The van der Waals surface area contributed by atoms with Crippen molar-refractivity contribution in [3.8, 4) is 0 Å². The van der Waals surface area contributed by atoms with E-state index in [1.807, 2.05) is 12.1 Å². The molecule has 0 aliphatic carbocycles. The van der Waals surface area contributed by atoms with Crippen LogP contribution in [0.5, 0.6) is 0 Å². The van der Waals surface area contributed by atoms with Gasteiger partial charge in [0.2, 0.25) is 0 Å². The maximum Gasteiger partial charge on any atom is 0.115 e. The number of hydrogen-bond acceptors (Lipinski definition) is 1. The van der Waals surface area contributed by atoms with Crippen LogP contribution in [0.15, 0.2) is 18.2 Å². The van der Waals surface area contributed by atoms with Gasteiger partial charge in [-0.15, -0.1) is 0 Å². The number of halogens is 1. The quantitative estimate of drug-likeness (QED) is 0.741. The SMILES string of the molecule is Cc1cc(CF)cc(C2CCN(C)CC2)c1. The van der Waals surface area contributed by atoms with Crippen LogP contribution in [0.1, 0.15) is 35.4 Å². The van der Waals surface area contributed by atoms with Gasteiger partial charge in [0, 0.05) is 0 Å². The molecule has 0 unspecified atom stereocenters. The van der Waals surface area contributed by atoms with Crippen molar-refractivity contribution in [2.45, 2.75) is 32.4 Å². The van der Waals surface area contributed by atoms with Crippen molar-refractivity contribution >= 4 is 0 Å². The average Bonchev–Trinajstić information content (AvgIpc) is 2.29. The number of benzene rings is 1. The predicted octanol–water partition coefficient (Wildman–Crippen LogP) is 3.27. The maximum atomic E-state index is 12.7. The topological polar surface area (TPSA) is 3.24 Å². The Hall–Kier alpha value is -0.890. The van der Waals surface area contributed by atoms with Gasteiger partial charge in [-0.2, -0.15) is 0 Å². The summed E-state index contributed by atoms with van der Waals surface area (Å²) in [5.74, 6) is 0.626. The second-order valence-electron chi connectivity index (χ2n) is 4.96. The number of hydrogen-bond donors (Lipinski definition) is 0. The summed E-state index contributed by atoms with van der Waals surface area (Å²) < 4.78 is 12.7. The van der Waals surface area contributed by atoms with E-state index in [0.29, 0.717) is 5.92 Å². The number of nitrogens with zero attached hydrogens (tertiary/aromatic N) is 1. The van der Waals surface area contributed by atoms with Gasteiger partial charge in [-0.05, 0) is 56.9 Å². The molecule has 1 nitrogen and oxygen atoms in total. The van der Waals surface area contributed by atoms with Gasteiger partial charge in [-0.3, -0.25) is 0 Å². The highest BCUT2D eigenvalue weighted by Crippen LogP contribution is 2.29. The average molecular weight is 221 g/mol. The van der Waals surface area contributed by atoms with Crippen LogP contribution in [-0.2, 0) is 6.67 Å². The minimum atomic E-state index is -0.346. The number of aryl methyl sites for hydroxylation is 1. The molecule has 1 aromatic carbocycles. The molecule has 0 spiro atoms. The Bertz CT molecular complexity index is 354. The van der Waals surface area contributed by atoms with Crippen LogP contribution in [-0.4, -0.2) is 25.0 Å². The minimum Gasteiger partial charge on any atom is -0.306 e. The normalized spacial score (nSPS) is 18.9. The van der Waals surface area contributed by atoms with Crippen LogP contribution in [0.25, 0.3) is 0 Å². The summed E-state index contributed by atoms with van der Waals surface area (Å²) >= 11 is 0. The van der Waals surface area contributed by atoms with Crippen molar-refractivity contribution in [1.82, 2.24) is 4.90 Å². The van der Waals surface area contributed by atoms with E-state index in [9.17, 15) is 4.39 Å². The first kappa shape index (κ1) is 11.6. The van der Waals surface area contributed by atoms with Crippen LogP contribution < -0.4 is 0 Å². The lowest BCUT2D eigenvalue weighted by molar-refractivity contribution is 0.255. The highest BCUT2D eigenvalue weighted by molar-refractivity contribution is 5.31. The van der Waals surface area contributed by atoms with E-state index < -0.39 is 0 Å². The number of likely N-dealkylation sites (tertiary alicyclic amines) is 1. The van der Waals surface area contributed by atoms with Crippen molar-refractivity contribution in [2.24, 2.45) is 0 Å². The summed E-state index contributed by atoms with van der Waals surface area (Å²) in [7, 11) is 2.17. The molecule has 0 N–H and O–H groups in total. The van der Waals surface area contributed by atoms with Gasteiger partial charge in [0.25, 0.3) is 0 Å². The molecule has 0 radical (unpaired) electrons. The summed E-state index contributed by atoms with van der Waals surface area (Å²) in [6.45, 7) is 4.02. The first-order valence-corrected chi connectivity index (χ1v) is 6.04. The molecule has 0 atom stereocenters. The second kappa shape index (κ2) is 4.96. The van der Waals surface area contributed by atoms with Crippen molar-refractivity contribution in [2.75, 3.05) is 20.1 Å². The van der Waals surface area contributed by atoms with E-state index in [1.165, 1.54) is 24.0 Å². The summed E-state index contributed by atoms with van der Waals surface area (Å²) in [6, 6.07) is 6.20. The van der Waals surface area contributed by atoms with Crippen LogP contribution >= 0.6 is 0 Å². The molecule has 0 saturated carbocycles. The van der Waals surface area contributed by atoms with E-state index in [4.69, 9.17) is 0 Å². The molecule has 1 fully saturated rings. The molecular weight excluding hydrogens is 201 g/mol. The fraction of sp³-hybridized carbons (Fsp3) is 0.571. The predicted molar refractivity (Wildman–Crippen MR) is 65.5 cm³/mol. The Balaban J connectivity index is 2.16. The molecule has 1 saturated heterocycles. The number of alkyl halides is 1. The number of rotatable bonds is 2. The Kier molecular flexibility index (Phi) is 3.59. The first-order chi connectivity index (χ1) is 7.69. The van der Waals surface area contributed by atoms with Crippen molar-refractivity contribution in [3.05, 3.63) is 34.9 Å². The summed E-state index contributed by atoms with van der Waals surface area (Å²) in [6.07, 6.45) is 2.40. The molecule has 0 bridgehead atoms. The monoisotopic (exact) mass is 221 g/mol. The van der Waals surface area contributed by atoms with Gasteiger partial charge < -0.3 is 4.90 Å². The minimum absolute atomic E-state index is 0.346. The Morgan fingerprint density at radius 3 is 2.56 bits per heavy atom. The maximum absolute atomic E-state index is 12.7. The lowest BCUT2D eigenvalue weighted by Crippen LogP contribution is -2.29. The van der Waals surface area contributed by atoms with E-state index >= 15 is 0 Å². The highest BCUT2D eigenvalue weighted by atomic mass is 19.1. The van der Waals surface area contributed by atoms with Crippen LogP contribution in [0, 0.1) is 6.92 Å². The molecule has 1 aromatic rings. The molecular formula is C14H20FN. The Morgan fingerprint density at radius 1 is 1.25 bits per heavy atom. The van der Waals surface area contributed by atoms with Gasteiger partial charge in [0.15, 0.2) is 0 Å². The molecule has 1 heterocycles. The Morgan fingerprint density at radius 2 is 1.94 bits per heavy atom. The van der Waals surface area contributed by atoms with E-state index in [0.717, 1.165) is 18.7 Å². The van der Waals surface area contributed by atoms with E-state index in [-0.39, 0.29) is 6.67 Å². The third-order valence-corrected chi connectivity index (χ3v) is 3.50. The zero-order valence-electron chi connectivity index (χ0n) is 10.2. The highest BCUT2D eigenvalue weighted by Gasteiger charge is 2.18. The van der Waals surface area contributed by atoms with Gasteiger partial charge in [-0.1, -0.05) is 23.8 Å².